The number of aromatic nitrogens is 2. The van der Waals surface area contributed by atoms with Crippen molar-refractivity contribution >= 4 is 17.4 Å². The van der Waals surface area contributed by atoms with E-state index in [0.717, 1.165) is 29.7 Å². The number of nitrogens with one attached hydrogen (secondary N) is 1. The molecule has 5 heteroatoms. The Bertz CT molecular complexity index is 530. The molecule has 4 nitrogen and oxygen atoms in total. The third-order valence-electron chi connectivity index (χ3n) is 4.74. The molecule has 3 aliphatic rings. The fraction of sp³-hybridized carbons (Fsp3) is 0.750. The lowest BCUT2D eigenvalue weighted by molar-refractivity contribution is 0.0973. The summed E-state index contributed by atoms with van der Waals surface area (Å²) >= 11 is 6.32. The molecule has 2 bridgehead atoms. The maximum Gasteiger partial charge on any atom is 0.137 e. The van der Waals surface area contributed by atoms with Gasteiger partial charge in [-0.15, -0.1) is 0 Å². The van der Waals surface area contributed by atoms with Gasteiger partial charge in [0.15, 0.2) is 0 Å². The Morgan fingerprint density at radius 3 is 2.38 bits per heavy atom. The fourth-order valence-corrected chi connectivity index (χ4v) is 3.44. The largest absolute Gasteiger partial charge is 0.365 e. The number of piperidine rings is 3. The average molecular weight is 309 g/mol. The van der Waals surface area contributed by atoms with Crippen LogP contribution in [0.3, 0.4) is 0 Å². The van der Waals surface area contributed by atoms with Crippen LogP contribution in [0.2, 0.25) is 5.15 Å². The lowest BCUT2D eigenvalue weighted by Gasteiger charge is -2.45. The van der Waals surface area contributed by atoms with Crippen LogP contribution in [0, 0.1) is 12.8 Å². The third kappa shape index (κ3) is 3.02. The molecule has 1 aromatic rings. The molecule has 1 atom stereocenters. The van der Waals surface area contributed by atoms with Crippen molar-refractivity contribution in [3.63, 3.8) is 0 Å². The molecule has 0 radical (unpaired) electrons. The number of rotatable bonds is 2. The van der Waals surface area contributed by atoms with Crippen LogP contribution in [0.25, 0.3) is 0 Å². The predicted molar refractivity (Wildman–Crippen MR) is 87.1 cm³/mol. The number of hydrogen-bond acceptors (Lipinski definition) is 4. The smallest absolute Gasteiger partial charge is 0.137 e. The molecular formula is C16H25ClN4. The molecule has 4 heterocycles. The second kappa shape index (κ2) is 5.40. The summed E-state index contributed by atoms with van der Waals surface area (Å²) < 4.78 is 0. The van der Waals surface area contributed by atoms with E-state index in [1.807, 2.05) is 6.92 Å². The van der Waals surface area contributed by atoms with Crippen LogP contribution in [0.15, 0.2) is 0 Å². The Kier molecular flexibility index (Phi) is 3.87. The molecule has 3 fully saturated rings. The van der Waals surface area contributed by atoms with E-state index in [-0.39, 0.29) is 5.41 Å². The monoisotopic (exact) mass is 308 g/mol. The van der Waals surface area contributed by atoms with Crippen molar-refractivity contribution in [3.8, 4) is 0 Å². The molecule has 0 spiro atoms. The number of halogens is 1. The number of fused-ring (bicyclic) bond motifs is 3. The van der Waals surface area contributed by atoms with E-state index < -0.39 is 0 Å². The molecule has 0 amide bonds. The fourth-order valence-electron chi connectivity index (χ4n) is 3.27. The van der Waals surface area contributed by atoms with Gasteiger partial charge in [0.1, 0.15) is 16.8 Å². The molecule has 4 rings (SSSR count). The third-order valence-corrected chi connectivity index (χ3v) is 5.10. The van der Waals surface area contributed by atoms with E-state index >= 15 is 0 Å². The summed E-state index contributed by atoms with van der Waals surface area (Å²) in [5.74, 6) is 2.49. The minimum absolute atomic E-state index is 0.0944. The van der Waals surface area contributed by atoms with Gasteiger partial charge in [0.25, 0.3) is 0 Å². The van der Waals surface area contributed by atoms with Crippen LogP contribution in [0.1, 0.15) is 45.0 Å². The Labute approximate surface area is 132 Å². The molecule has 1 aromatic heterocycles. The van der Waals surface area contributed by atoms with Crippen LogP contribution in [0.4, 0.5) is 5.82 Å². The van der Waals surface area contributed by atoms with Crippen molar-refractivity contribution in [1.29, 1.82) is 0 Å². The first-order valence-electron chi connectivity index (χ1n) is 7.88. The van der Waals surface area contributed by atoms with E-state index in [9.17, 15) is 0 Å². The molecule has 1 N–H and O–H groups in total. The summed E-state index contributed by atoms with van der Waals surface area (Å²) in [5.41, 5.74) is 0.865. The van der Waals surface area contributed by atoms with E-state index in [2.05, 4.69) is 36.0 Å². The summed E-state index contributed by atoms with van der Waals surface area (Å²) in [7, 11) is 0. The minimum atomic E-state index is -0.0944. The number of anilines is 1. The molecular weight excluding hydrogens is 284 g/mol. The van der Waals surface area contributed by atoms with Crippen molar-refractivity contribution in [2.75, 3.05) is 25.0 Å². The van der Waals surface area contributed by atoms with Gasteiger partial charge in [-0.1, -0.05) is 32.4 Å². The lowest BCUT2D eigenvalue weighted by atomic mass is 9.84. The molecule has 0 aliphatic carbocycles. The van der Waals surface area contributed by atoms with Crippen LogP contribution in [-0.2, 0) is 5.41 Å². The van der Waals surface area contributed by atoms with Crippen molar-refractivity contribution in [3.05, 3.63) is 16.5 Å². The SMILES string of the molecule is Cc1c(Cl)nc(C(C)(C)C)nc1NC1CN2CCC1CC2. The molecule has 3 saturated heterocycles. The van der Waals surface area contributed by atoms with E-state index in [4.69, 9.17) is 16.6 Å². The van der Waals surface area contributed by atoms with Gasteiger partial charge in [-0.25, -0.2) is 9.97 Å². The van der Waals surface area contributed by atoms with E-state index in [1.54, 1.807) is 0 Å². The van der Waals surface area contributed by atoms with Crippen LogP contribution in [-0.4, -0.2) is 40.5 Å². The Balaban J connectivity index is 1.86. The Hall–Kier alpha value is -0.870. The van der Waals surface area contributed by atoms with Gasteiger partial charge in [0.2, 0.25) is 0 Å². The number of nitrogens with zero attached hydrogens (tertiary/aromatic N) is 3. The van der Waals surface area contributed by atoms with E-state index in [0.29, 0.717) is 11.2 Å². The summed E-state index contributed by atoms with van der Waals surface area (Å²) in [5, 5.41) is 4.22. The predicted octanol–water partition coefficient (Wildman–Crippen LogP) is 3.24. The lowest BCUT2D eigenvalue weighted by Crippen LogP contribution is -2.53. The van der Waals surface area contributed by atoms with Gasteiger partial charge in [0.05, 0.1) is 0 Å². The van der Waals surface area contributed by atoms with Crippen molar-refractivity contribution in [2.45, 2.75) is 52.0 Å². The normalized spacial score (nSPS) is 28.7. The van der Waals surface area contributed by atoms with Crippen LogP contribution < -0.4 is 5.32 Å². The van der Waals surface area contributed by atoms with Gasteiger partial charge in [-0.2, -0.15) is 0 Å². The molecule has 0 aromatic carbocycles. The Morgan fingerprint density at radius 2 is 1.86 bits per heavy atom. The van der Waals surface area contributed by atoms with Gasteiger partial charge in [-0.05, 0) is 38.8 Å². The summed E-state index contributed by atoms with van der Waals surface area (Å²) in [6.45, 7) is 12.0. The van der Waals surface area contributed by atoms with Crippen molar-refractivity contribution in [1.82, 2.24) is 14.9 Å². The van der Waals surface area contributed by atoms with Crippen LogP contribution >= 0.6 is 11.6 Å². The molecule has 0 saturated carbocycles. The van der Waals surface area contributed by atoms with Gasteiger partial charge >= 0.3 is 0 Å². The van der Waals surface area contributed by atoms with Crippen molar-refractivity contribution < 1.29 is 0 Å². The molecule has 3 aliphatic heterocycles. The topological polar surface area (TPSA) is 41.1 Å². The second-order valence-electron chi connectivity index (χ2n) is 7.45. The second-order valence-corrected chi connectivity index (χ2v) is 7.81. The summed E-state index contributed by atoms with van der Waals surface area (Å²) in [6.07, 6.45) is 2.59. The van der Waals surface area contributed by atoms with Crippen molar-refractivity contribution in [2.24, 2.45) is 5.92 Å². The van der Waals surface area contributed by atoms with Gasteiger partial charge < -0.3 is 10.2 Å². The zero-order valence-corrected chi connectivity index (χ0v) is 14.2. The average Bonchev–Trinajstić information content (AvgIpc) is 2.44. The highest BCUT2D eigenvalue weighted by molar-refractivity contribution is 6.30. The maximum atomic E-state index is 6.32. The highest BCUT2D eigenvalue weighted by Gasteiger charge is 2.34. The van der Waals surface area contributed by atoms with Gasteiger partial charge in [0, 0.05) is 23.6 Å². The van der Waals surface area contributed by atoms with Gasteiger partial charge in [-0.3, -0.25) is 0 Å². The Morgan fingerprint density at radius 1 is 1.19 bits per heavy atom. The summed E-state index contributed by atoms with van der Waals surface area (Å²) in [6, 6.07) is 0.491. The zero-order chi connectivity index (χ0) is 15.2. The summed E-state index contributed by atoms with van der Waals surface area (Å²) in [4.78, 5) is 11.7. The highest BCUT2D eigenvalue weighted by Crippen LogP contribution is 2.32. The quantitative estimate of drug-likeness (QED) is 0.852. The van der Waals surface area contributed by atoms with Crippen LogP contribution in [0.5, 0.6) is 0 Å². The minimum Gasteiger partial charge on any atom is -0.365 e. The molecule has 116 valence electrons. The highest BCUT2D eigenvalue weighted by atomic mass is 35.5. The standard InChI is InChI=1S/C16H25ClN4/c1-10-13(17)19-15(16(2,3)4)20-14(10)18-12-9-21-7-5-11(12)6-8-21/h11-12H,5-9H2,1-4H3,(H,18,19,20). The van der Waals surface area contributed by atoms with E-state index in [1.165, 1.54) is 25.9 Å². The first-order chi connectivity index (χ1) is 9.84. The molecule has 1 unspecified atom stereocenters. The first kappa shape index (κ1) is 15.0. The first-order valence-corrected chi connectivity index (χ1v) is 8.26. The number of hydrogen-bond donors (Lipinski definition) is 1. The molecule has 21 heavy (non-hydrogen) atoms. The zero-order valence-electron chi connectivity index (χ0n) is 13.4. The maximum absolute atomic E-state index is 6.32.